The van der Waals surface area contributed by atoms with E-state index in [-0.39, 0.29) is 5.97 Å². The minimum atomic E-state index is -0.278. The molecule has 1 heterocycles. The first-order chi connectivity index (χ1) is 9.24. The third-order valence-corrected chi connectivity index (χ3v) is 3.70. The van der Waals surface area contributed by atoms with Crippen LogP contribution in [0.4, 0.5) is 0 Å². The molecule has 104 valence electrons. The van der Waals surface area contributed by atoms with Gasteiger partial charge in [-0.05, 0) is 24.1 Å². The van der Waals surface area contributed by atoms with Crippen molar-refractivity contribution < 1.29 is 9.53 Å². The molecule has 1 aliphatic rings. The van der Waals surface area contributed by atoms with Crippen LogP contribution in [0.25, 0.3) is 0 Å². The van der Waals surface area contributed by atoms with Crippen LogP contribution in [0.3, 0.4) is 0 Å². The van der Waals surface area contributed by atoms with E-state index in [1.165, 1.54) is 12.7 Å². The molecule has 0 aliphatic carbocycles. The Hall–Kier alpha value is -1.39. The highest BCUT2D eigenvalue weighted by atomic mass is 16.5. The van der Waals surface area contributed by atoms with Gasteiger partial charge in [0.15, 0.2) is 0 Å². The number of carbonyl (C=O) groups is 1. The Morgan fingerprint density at radius 3 is 2.79 bits per heavy atom. The maximum atomic E-state index is 11.4. The average Bonchev–Trinajstić information content (AvgIpc) is 2.48. The lowest BCUT2D eigenvalue weighted by Gasteiger charge is -2.35. The predicted octanol–water partition coefficient (Wildman–Crippen LogP) is 1.66. The minimum absolute atomic E-state index is 0.278. The fourth-order valence-corrected chi connectivity index (χ4v) is 2.51. The second kappa shape index (κ2) is 6.68. The van der Waals surface area contributed by atoms with Crippen LogP contribution in [0, 0.1) is 0 Å². The molecule has 1 aromatic carbocycles. The van der Waals surface area contributed by atoms with Crippen LogP contribution >= 0.6 is 0 Å². The van der Waals surface area contributed by atoms with Crippen LogP contribution in [0.15, 0.2) is 24.3 Å². The summed E-state index contributed by atoms with van der Waals surface area (Å²) in [5, 5.41) is 3.43. The smallest absolute Gasteiger partial charge is 0.337 e. The number of methoxy groups -OCH3 is 1. The van der Waals surface area contributed by atoms with Crippen molar-refractivity contribution in [1.29, 1.82) is 0 Å². The van der Waals surface area contributed by atoms with Gasteiger partial charge < -0.3 is 10.1 Å². The van der Waals surface area contributed by atoms with E-state index in [9.17, 15) is 4.79 Å². The van der Waals surface area contributed by atoms with E-state index in [1.54, 1.807) is 0 Å². The van der Waals surface area contributed by atoms with Crippen LogP contribution in [0.5, 0.6) is 0 Å². The van der Waals surface area contributed by atoms with Crippen molar-refractivity contribution in [2.45, 2.75) is 25.9 Å². The van der Waals surface area contributed by atoms with Crippen molar-refractivity contribution in [2.75, 3.05) is 26.7 Å². The standard InChI is InChI=1S/C15H22N2O2/c1-3-14-10-16-8-9-17(14)11-12-4-6-13(7-5-12)15(18)19-2/h4-7,14,16H,3,8-11H2,1-2H3/t14-/m0/s1. The normalized spacial score (nSPS) is 20.2. The van der Waals surface area contributed by atoms with Crippen molar-refractivity contribution in [3.8, 4) is 0 Å². The fourth-order valence-electron chi connectivity index (χ4n) is 2.51. The molecule has 19 heavy (non-hydrogen) atoms. The lowest BCUT2D eigenvalue weighted by atomic mass is 10.1. The lowest BCUT2D eigenvalue weighted by molar-refractivity contribution is 0.0600. The molecule has 2 rings (SSSR count). The van der Waals surface area contributed by atoms with Gasteiger partial charge in [0.25, 0.3) is 0 Å². The molecular weight excluding hydrogens is 240 g/mol. The number of esters is 1. The van der Waals surface area contributed by atoms with E-state index in [0.29, 0.717) is 11.6 Å². The summed E-state index contributed by atoms with van der Waals surface area (Å²) in [6.45, 7) is 6.37. The van der Waals surface area contributed by atoms with Crippen molar-refractivity contribution in [2.24, 2.45) is 0 Å². The number of benzene rings is 1. The highest BCUT2D eigenvalue weighted by Crippen LogP contribution is 2.13. The van der Waals surface area contributed by atoms with E-state index in [4.69, 9.17) is 4.74 Å². The number of piperazine rings is 1. The Bertz CT molecular complexity index is 417. The zero-order valence-electron chi connectivity index (χ0n) is 11.7. The number of ether oxygens (including phenoxy) is 1. The SMILES string of the molecule is CC[C@H]1CNCCN1Cc1ccc(C(=O)OC)cc1. The molecule has 0 bridgehead atoms. The summed E-state index contributed by atoms with van der Waals surface area (Å²) in [5.41, 5.74) is 1.85. The Balaban J connectivity index is 2.00. The minimum Gasteiger partial charge on any atom is -0.465 e. The Kier molecular flexibility index (Phi) is 4.93. The van der Waals surface area contributed by atoms with Crippen molar-refractivity contribution in [3.63, 3.8) is 0 Å². The maximum absolute atomic E-state index is 11.4. The summed E-state index contributed by atoms with van der Waals surface area (Å²) < 4.78 is 4.70. The first kappa shape index (κ1) is 14.0. The van der Waals surface area contributed by atoms with E-state index < -0.39 is 0 Å². The number of carbonyl (C=O) groups excluding carboxylic acids is 1. The third-order valence-electron chi connectivity index (χ3n) is 3.70. The molecule has 1 N–H and O–H groups in total. The largest absolute Gasteiger partial charge is 0.465 e. The molecule has 0 radical (unpaired) electrons. The van der Waals surface area contributed by atoms with Gasteiger partial charge in [-0.2, -0.15) is 0 Å². The summed E-state index contributed by atoms with van der Waals surface area (Å²) in [7, 11) is 1.41. The second-order valence-electron chi connectivity index (χ2n) is 4.93. The van der Waals surface area contributed by atoms with Crippen LogP contribution in [-0.4, -0.2) is 43.7 Å². The van der Waals surface area contributed by atoms with Gasteiger partial charge in [0, 0.05) is 32.2 Å². The van der Waals surface area contributed by atoms with Crippen LogP contribution in [0.2, 0.25) is 0 Å². The molecule has 1 aliphatic heterocycles. The van der Waals surface area contributed by atoms with Crippen LogP contribution < -0.4 is 5.32 Å². The molecule has 1 saturated heterocycles. The van der Waals surface area contributed by atoms with Gasteiger partial charge in [0.2, 0.25) is 0 Å². The molecule has 4 heteroatoms. The summed E-state index contributed by atoms with van der Waals surface area (Å²) in [6, 6.07) is 8.31. The van der Waals surface area contributed by atoms with Gasteiger partial charge in [-0.3, -0.25) is 4.90 Å². The highest BCUT2D eigenvalue weighted by Gasteiger charge is 2.20. The molecule has 0 aromatic heterocycles. The van der Waals surface area contributed by atoms with Gasteiger partial charge in [-0.25, -0.2) is 4.79 Å². The van der Waals surface area contributed by atoms with Gasteiger partial charge in [0.1, 0.15) is 0 Å². The number of hydrogen-bond acceptors (Lipinski definition) is 4. The number of hydrogen-bond donors (Lipinski definition) is 1. The first-order valence-corrected chi connectivity index (χ1v) is 6.86. The Morgan fingerprint density at radius 2 is 2.16 bits per heavy atom. The average molecular weight is 262 g/mol. The zero-order chi connectivity index (χ0) is 13.7. The number of rotatable bonds is 4. The van der Waals surface area contributed by atoms with E-state index >= 15 is 0 Å². The molecule has 1 atom stereocenters. The first-order valence-electron chi connectivity index (χ1n) is 6.86. The Morgan fingerprint density at radius 1 is 1.42 bits per heavy atom. The number of nitrogens with one attached hydrogen (secondary N) is 1. The van der Waals surface area contributed by atoms with E-state index in [1.807, 2.05) is 24.3 Å². The molecule has 4 nitrogen and oxygen atoms in total. The summed E-state index contributed by atoms with van der Waals surface area (Å²) in [4.78, 5) is 13.9. The van der Waals surface area contributed by atoms with Crippen molar-refractivity contribution in [1.82, 2.24) is 10.2 Å². The zero-order valence-corrected chi connectivity index (χ0v) is 11.7. The topological polar surface area (TPSA) is 41.6 Å². The monoisotopic (exact) mass is 262 g/mol. The molecule has 1 fully saturated rings. The number of nitrogens with zero attached hydrogens (tertiary/aromatic N) is 1. The van der Waals surface area contributed by atoms with E-state index in [2.05, 4.69) is 17.1 Å². The van der Waals surface area contributed by atoms with Gasteiger partial charge in [-0.15, -0.1) is 0 Å². The van der Waals surface area contributed by atoms with Gasteiger partial charge in [-0.1, -0.05) is 19.1 Å². The van der Waals surface area contributed by atoms with Crippen LogP contribution in [-0.2, 0) is 11.3 Å². The highest BCUT2D eigenvalue weighted by molar-refractivity contribution is 5.89. The summed E-state index contributed by atoms with van der Waals surface area (Å²) in [6.07, 6.45) is 1.16. The van der Waals surface area contributed by atoms with Crippen molar-refractivity contribution >= 4 is 5.97 Å². The predicted molar refractivity (Wildman–Crippen MR) is 75.1 cm³/mol. The molecular formula is C15H22N2O2. The third kappa shape index (κ3) is 3.55. The Labute approximate surface area is 114 Å². The maximum Gasteiger partial charge on any atom is 0.337 e. The molecule has 0 unspecified atom stereocenters. The fraction of sp³-hybridized carbons (Fsp3) is 0.533. The summed E-state index contributed by atoms with van der Waals surface area (Å²) in [5.74, 6) is -0.278. The quantitative estimate of drug-likeness (QED) is 0.838. The molecule has 1 aromatic rings. The molecule has 0 saturated carbocycles. The second-order valence-corrected chi connectivity index (χ2v) is 4.93. The van der Waals surface area contributed by atoms with Crippen molar-refractivity contribution in [3.05, 3.63) is 35.4 Å². The summed E-state index contributed by atoms with van der Waals surface area (Å²) >= 11 is 0. The van der Waals surface area contributed by atoms with Gasteiger partial charge >= 0.3 is 5.97 Å². The lowest BCUT2D eigenvalue weighted by Crippen LogP contribution is -2.50. The molecule has 0 spiro atoms. The van der Waals surface area contributed by atoms with Crippen LogP contribution in [0.1, 0.15) is 29.3 Å². The molecule has 0 amide bonds. The van der Waals surface area contributed by atoms with E-state index in [0.717, 1.165) is 32.6 Å². The van der Waals surface area contributed by atoms with Gasteiger partial charge in [0.05, 0.1) is 12.7 Å².